The Hall–Kier alpha value is -0.830. The van der Waals surface area contributed by atoms with Gasteiger partial charge < -0.3 is 4.74 Å². The molecule has 3 heteroatoms. The standard InChI is InChI=1S/C11H13BrO2/c1-4-10(13)14-11-8(3)5-7(2)6-9(11)12/h5-6H,4H2,1-3H3. The maximum absolute atomic E-state index is 11.1. The van der Waals surface area contributed by atoms with Crippen molar-refractivity contribution in [2.75, 3.05) is 0 Å². The van der Waals surface area contributed by atoms with Crippen LogP contribution in [0.15, 0.2) is 16.6 Å². The fourth-order valence-electron chi connectivity index (χ4n) is 1.22. The van der Waals surface area contributed by atoms with E-state index in [-0.39, 0.29) is 5.97 Å². The van der Waals surface area contributed by atoms with Gasteiger partial charge in [0.15, 0.2) is 0 Å². The third kappa shape index (κ3) is 2.58. The van der Waals surface area contributed by atoms with Crippen LogP contribution >= 0.6 is 15.9 Å². The Morgan fingerprint density at radius 1 is 1.43 bits per heavy atom. The Bertz CT molecular complexity index is 335. The number of halogens is 1. The minimum Gasteiger partial charge on any atom is -0.425 e. The molecule has 0 aliphatic carbocycles. The van der Waals surface area contributed by atoms with E-state index in [9.17, 15) is 4.79 Å². The molecule has 0 saturated heterocycles. The van der Waals surface area contributed by atoms with Gasteiger partial charge in [-0.1, -0.05) is 13.0 Å². The second-order valence-electron chi connectivity index (χ2n) is 3.22. The van der Waals surface area contributed by atoms with Gasteiger partial charge in [0.2, 0.25) is 0 Å². The number of benzene rings is 1. The summed E-state index contributed by atoms with van der Waals surface area (Å²) in [4.78, 5) is 11.1. The van der Waals surface area contributed by atoms with E-state index in [2.05, 4.69) is 15.9 Å². The zero-order chi connectivity index (χ0) is 10.7. The predicted molar refractivity (Wildman–Crippen MR) is 59.5 cm³/mol. The lowest BCUT2D eigenvalue weighted by Crippen LogP contribution is -2.07. The Morgan fingerprint density at radius 3 is 2.57 bits per heavy atom. The summed E-state index contributed by atoms with van der Waals surface area (Å²) in [5.74, 6) is 0.417. The van der Waals surface area contributed by atoms with Crippen LogP contribution in [0.25, 0.3) is 0 Å². The topological polar surface area (TPSA) is 26.3 Å². The van der Waals surface area contributed by atoms with Crippen molar-refractivity contribution in [2.45, 2.75) is 27.2 Å². The number of esters is 1. The summed E-state index contributed by atoms with van der Waals surface area (Å²) in [5.41, 5.74) is 2.12. The Morgan fingerprint density at radius 2 is 2.07 bits per heavy atom. The van der Waals surface area contributed by atoms with E-state index in [0.717, 1.165) is 15.6 Å². The van der Waals surface area contributed by atoms with Crippen LogP contribution in [0.3, 0.4) is 0 Å². The molecule has 1 aromatic carbocycles. The molecule has 0 fully saturated rings. The molecule has 14 heavy (non-hydrogen) atoms. The zero-order valence-electron chi connectivity index (χ0n) is 8.56. The van der Waals surface area contributed by atoms with E-state index in [4.69, 9.17) is 4.74 Å². The number of ether oxygens (including phenoxy) is 1. The summed E-state index contributed by atoms with van der Waals surface area (Å²) < 4.78 is 6.02. The first-order chi connectivity index (χ1) is 6.54. The van der Waals surface area contributed by atoms with Crippen molar-refractivity contribution in [3.05, 3.63) is 27.7 Å². The molecule has 0 atom stereocenters. The van der Waals surface area contributed by atoms with Crippen LogP contribution in [0.4, 0.5) is 0 Å². The van der Waals surface area contributed by atoms with Gasteiger partial charge in [0.25, 0.3) is 0 Å². The lowest BCUT2D eigenvalue weighted by Gasteiger charge is -2.09. The van der Waals surface area contributed by atoms with Gasteiger partial charge in [0.1, 0.15) is 5.75 Å². The SMILES string of the molecule is CCC(=O)Oc1c(C)cc(C)cc1Br. The van der Waals surface area contributed by atoms with Gasteiger partial charge >= 0.3 is 5.97 Å². The van der Waals surface area contributed by atoms with E-state index >= 15 is 0 Å². The number of rotatable bonds is 2. The van der Waals surface area contributed by atoms with Crippen LogP contribution in [0.1, 0.15) is 24.5 Å². The van der Waals surface area contributed by atoms with Crippen LogP contribution in [0.2, 0.25) is 0 Å². The number of carbonyl (C=O) groups excluding carboxylic acids is 1. The van der Waals surface area contributed by atoms with Gasteiger partial charge in [-0.25, -0.2) is 0 Å². The Balaban J connectivity index is 3.02. The molecule has 0 aromatic heterocycles. The van der Waals surface area contributed by atoms with Crippen LogP contribution in [0, 0.1) is 13.8 Å². The second kappa shape index (κ2) is 4.60. The first-order valence-corrected chi connectivity index (χ1v) is 5.31. The van der Waals surface area contributed by atoms with Crippen molar-refractivity contribution < 1.29 is 9.53 Å². The molecule has 2 nitrogen and oxygen atoms in total. The summed E-state index contributed by atoms with van der Waals surface area (Å²) in [6, 6.07) is 3.92. The predicted octanol–water partition coefficient (Wildman–Crippen LogP) is 3.38. The third-order valence-corrected chi connectivity index (χ3v) is 2.47. The molecule has 0 aliphatic heterocycles. The van der Waals surface area contributed by atoms with Gasteiger partial charge in [-0.05, 0) is 47.0 Å². The Labute approximate surface area is 92.4 Å². The highest BCUT2D eigenvalue weighted by Crippen LogP contribution is 2.30. The van der Waals surface area contributed by atoms with Gasteiger partial charge in [0, 0.05) is 6.42 Å². The average Bonchev–Trinajstić information content (AvgIpc) is 2.10. The fraction of sp³-hybridized carbons (Fsp3) is 0.364. The molecular formula is C11H13BrO2. The molecule has 0 N–H and O–H groups in total. The second-order valence-corrected chi connectivity index (χ2v) is 4.07. The average molecular weight is 257 g/mol. The maximum atomic E-state index is 11.1. The van der Waals surface area contributed by atoms with E-state index in [1.165, 1.54) is 0 Å². The zero-order valence-corrected chi connectivity index (χ0v) is 10.1. The van der Waals surface area contributed by atoms with Gasteiger partial charge in [-0.2, -0.15) is 0 Å². The molecule has 0 spiro atoms. The van der Waals surface area contributed by atoms with Gasteiger partial charge in [-0.15, -0.1) is 0 Å². The van der Waals surface area contributed by atoms with E-state index in [0.29, 0.717) is 12.2 Å². The number of hydrogen-bond donors (Lipinski definition) is 0. The van der Waals surface area contributed by atoms with Gasteiger partial charge in [0.05, 0.1) is 4.47 Å². The molecule has 0 unspecified atom stereocenters. The summed E-state index contributed by atoms with van der Waals surface area (Å²) >= 11 is 3.38. The maximum Gasteiger partial charge on any atom is 0.310 e. The molecule has 1 rings (SSSR count). The Kier molecular flexibility index (Phi) is 3.69. The van der Waals surface area contributed by atoms with Crippen LogP contribution in [0.5, 0.6) is 5.75 Å². The summed E-state index contributed by atoms with van der Waals surface area (Å²) in [6.07, 6.45) is 0.389. The molecule has 0 aliphatic rings. The van der Waals surface area contributed by atoms with Crippen molar-refractivity contribution in [1.82, 2.24) is 0 Å². The summed E-state index contributed by atoms with van der Waals surface area (Å²) in [7, 11) is 0. The summed E-state index contributed by atoms with van der Waals surface area (Å²) in [5, 5.41) is 0. The molecule has 0 amide bonds. The highest BCUT2D eigenvalue weighted by Gasteiger charge is 2.09. The van der Waals surface area contributed by atoms with Crippen molar-refractivity contribution in [2.24, 2.45) is 0 Å². The molecule has 76 valence electrons. The number of hydrogen-bond acceptors (Lipinski definition) is 2. The lowest BCUT2D eigenvalue weighted by molar-refractivity contribution is -0.134. The fourth-order valence-corrected chi connectivity index (χ4v) is 1.97. The van der Waals surface area contributed by atoms with E-state index < -0.39 is 0 Å². The first-order valence-electron chi connectivity index (χ1n) is 4.52. The number of aryl methyl sites for hydroxylation is 2. The monoisotopic (exact) mass is 256 g/mol. The van der Waals surface area contributed by atoms with Crippen LogP contribution in [-0.2, 0) is 4.79 Å². The van der Waals surface area contributed by atoms with E-state index in [1.807, 2.05) is 26.0 Å². The summed E-state index contributed by atoms with van der Waals surface area (Å²) in [6.45, 7) is 5.71. The van der Waals surface area contributed by atoms with Crippen molar-refractivity contribution in [1.29, 1.82) is 0 Å². The molecule has 0 saturated carbocycles. The van der Waals surface area contributed by atoms with Gasteiger partial charge in [-0.3, -0.25) is 4.79 Å². The van der Waals surface area contributed by atoms with E-state index in [1.54, 1.807) is 6.92 Å². The highest BCUT2D eigenvalue weighted by molar-refractivity contribution is 9.10. The highest BCUT2D eigenvalue weighted by atomic mass is 79.9. The quantitative estimate of drug-likeness (QED) is 0.599. The molecule has 0 heterocycles. The third-order valence-electron chi connectivity index (χ3n) is 1.88. The number of carbonyl (C=O) groups is 1. The van der Waals surface area contributed by atoms with Crippen molar-refractivity contribution in [3.63, 3.8) is 0 Å². The van der Waals surface area contributed by atoms with Crippen molar-refractivity contribution >= 4 is 21.9 Å². The normalized spacial score (nSPS) is 10.0. The van der Waals surface area contributed by atoms with Crippen molar-refractivity contribution in [3.8, 4) is 5.75 Å². The minimum atomic E-state index is -0.211. The van der Waals surface area contributed by atoms with Crippen LogP contribution in [-0.4, -0.2) is 5.97 Å². The minimum absolute atomic E-state index is 0.211. The lowest BCUT2D eigenvalue weighted by atomic mass is 10.1. The first kappa shape index (κ1) is 11.2. The molecule has 0 radical (unpaired) electrons. The largest absolute Gasteiger partial charge is 0.425 e. The smallest absolute Gasteiger partial charge is 0.310 e. The van der Waals surface area contributed by atoms with Crippen LogP contribution < -0.4 is 4.74 Å². The molecule has 0 bridgehead atoms. The molecular weight excluding hydrogens is 244 g/mol. The molecule has 1 aromatic rings.